The standard InChI is InChI=1S/C17H23N3OS2/c1-11(2)17-19-12(3)16(23-17)13(4)20(5)15(21)10-22-14-6-8-18-9-7-14/h6-9,11,13H,10H2,1-5H3. The topological polar surface area (TPSA) is 46.1 Å². The van der Waals surface area contributed by atoms with Gasteiger partial charge < -0.3 is 4.90 Å². The molecule has 2 rings (SSSR count). The van der Waals surface area contributed by atoms with Gasteiger partial charge in [0.25, 0.3) is 0 Å². The largest absolute Gasteiger partial charge is 0.337 e. The molecule has 0 aliphatic rings. The zero-order valence-corrected chi connectivity index (χ0v) is 15.9. The summed E-state index contributed by atoms with van der Waals surface area (Å²) in [5, 5.41) is 1.14. The van der Waals surface area contributed by atoms with Gasteiger partial charge in [-0.05, 0) is 26.0 Å². The average Bonchev–Trinajstić information content (AvgIpc) is 2.94. The molecule has 2 aromatic heterocycles. The van der Waals surface area contributed by atoms with Crippen LogP contribution in [0.2, 0.25) is 0 Å². The Hall–Kier alpha value is -1.40. The van der Waals surface area contributed by atoms with E-state index in [-0.39, 0.29) is 11.9 Å². The van der Waals surface area contributed by atoms with Crippen molar-refractivity contribution in [3.8, 4) is 0 Å². The summed E-state index contributed by atoms with van der Waals surface area (Å²) in [4.78, 5) is 25.1. The molecule has 1 amide bonds. The van der Waals surface area contributed by atoms with E-state index < -0.39 is 0 Å². The Morgan fingerprint density at radius 1 is 1.30 bits per heavy atom. The maximum absolute atomic E-state index is 12.5. The molecule has 124 valence electrons. The highest BCUT2D eigenvalue weighted by atomic mass is 32.2. The number of aromatic nitrogens is 2. The van der Waals surface area contributed by atoms with E-state index in [1.54, 1.807) is 35.5 Å². The van der Waals surface area contributed by atoms with Crippen LogP contribution < -0.4 is 0 Å². The third-order valence-electron chi connectivity index (χ3n) is 3.71. The number of thioether (sulfide) groups is 1. The first-order valence-electron chi connectivity index (χ1n) is 7.65. The Bertz CT molecular complexity index is 655. The molecule has 0 N–H and O–H groups in total. The van der Waals surface area contributed by atoms with Crippen molar-refractivity contribution in [2.24, 2.45) is 0 Å². The van der Waals surface area contributed by atoms with Gasteiger partial charge in [-0.1, -0.05) is 13.8 Å². The van der Waals surface area contributed by atoms with Gasteiger partial charge in [0.1, 0.15) is 0 Å². The lowest BCUT2D eigenvalue weighted by Gasteiger charge is -2.24. The fourth-order valence-corrected chi connectivity index (χ4v) is 4.11. The zero-order valence-electron chi connectivity index (χ0n) is 14.2. The van der Waals surface area contributed by atoms with Crippen molar-refractivity contribution in [2.75, 3.05) is 12.8 Å². The monoisotopic (exact) mass is 349 g/mol. The van der Waals surface area contributed by atoms with Gasteiger partial charge in [0.15, 0.2) is 0 Å². The van der Waals surface area contributed by atoms with Crippen molar-refractivity contribution in [1.29, 1.82) is 0 Å². The Morgan fingerprint density at radius 2 is 1.96 bits per heavy atom. The smallest absolute Gasteiger partial charge is 0.233 e. The van der Waals surface area contributed by atoms with Gasteiger partial charge in [-0.25, -0.2) is 4.98 Å². The first-order valence-corrected chi connectivity index (χ1v) is 9.46. The molecule has 0 bridgehead atoms. The number of aryl methyl sites for hydroxylation is 1. The molecular weight excluding hydrogens is 326 g/mol. The molecule has 23 heavy (non-hydrogen) atoms. The number of thiazole rings is 1. The third kappa shape index (κ3) is 4.54. The predicted octanol–water partition coefficient (Wildman–Crippen LogP) is 4.28. The fraction of sp³-hybridized carbons (Fsp3) is 0.471. The molecule has 0 aliphatic carbocycles. The van der Waals surface area contributed by atoms with Crippen molar-refractivity contribution in [3.05, 3.63) is 40.1 Å². The quantitative estimate of drug-likeness (QED) is 0.730. The average molecular weight is 350 g/mol. The minimum Gasteiger partial charge on any atom is -0.337 e. The number of amides is 1. The lowest BCUT2D eigenvalue weighted by molar-refractivity contribution is -0.128. The Morgan fingerprint density at radius 3 is 2.52 bits per heavy atom. The van der Waals surface area contributed by atoms with E-state index in [2.05, 4.69) is 30.7 Å². The Labute approximate surface area is 146 Å². The van der Waals surface area contributed by atoms with E-state index in [1.165, 1.54) is 4.88 Å². The van der Waals surface area contributed by atoms with Crippen LogP contribution in [0.1, 0.15) is 48.3 Å². The molecule has 2 heterocycles. The van der Waals surface area contributed by atoms with E-state index in [0.29, 0.717) is 11.7 Å². The van der Waals surface area contributed by atoms with Gasteiger partial charge in [0, 0.05) is 35.1 Å². The summed E-state index contributed by atoms with van der Waals surface area (Å²) < 4.78 is 0. The van der Waals surface area contributed by atoms with Crippen LogP contribution in [0.25, 0.3) is 0 Å². The van der Waals surface area contributed by atoms with Crippen LogP contribution >= 0.6 is 23.1 Å². The second-order valence-corrected chi connectivity index (χ2v) is 7.92. The van der Waals surface area contributed by atoms with Crippen molar-refractivity contribution in [2.45, 2.75) is 44.6 Å². The number of pyridine rings is 1. The van der Waals surface area contributed by atoms with E-state index in [1.807, 2.05) is 31.0 Å². The lowest BCUT2D eigenvalue weighted by Crippen LogP contribution is -2.31. The van der Waals surface area contributed by atoms with Gasteiger partial charge >= 0.3 is 0 Å². The number of carbonyl (C=O) groups is 1. The van der Waals surface area contributed by atoms with Crippen LogP contribution in [-0.4, -0.2) is 33.6 Å². The highest BCUT2D eigenvalue weighted by Gasteiger charge is 2.22. The molecule has 0 saturated heterocycles. The van der Waals surface area contributed by atoms with Crippen LogP contribution in [0.5, 0.6) is 0 Å². The molecule has 0 aromatic carbocycles. The SMILES string of the molecule is Cc1nc(C(C)C)sc1C(C)N(C)C(=O)CSc1ccncc1. The van der Waals surface area contributed by atoms with Crippen LogP contribution in [0, 0.1) is 6.92 Å². The second kappa shape index (κ2) is 7.93. The summed E-state index contributed by atoms with van der Waals surface area (Å²) in [5.74, 6) is 0.973. The number of carbonyl (C=O) groups excluding carboxylic acids is 1. The number of rotatable bonds is 6. The van der Waals surface area contributed by atoms with Crippen LogP contribution in [0.3, 0.4) is 0 Å². The third-order valence-corrected chi connectivity index (χ3v) is 6.33. The summed E-state index contributed by atoms with van der Waals surface area (Å²) in [6.45, 7) is 8.39. The molecule has 0 radical (unpaired) electrons. The first-order chi connectivity index (χ1) is 10.9. The molecule has 0 spiro atoms. The highest BCUT2D eigenvalue weighted by Crippen LogP contribution is 2.32. The molecular formula is C17H23N3OS2. The first kappa shape index (κ1) is 17.9. The summed E-state index contributed by atoms with van der Waals surface area (Å²) in [5.41, 5.74) is 1.03. The van der Waals surface area contributed by atoms with Gasteiger partial charge in [0.05, 0.1) is 22.5 Å². The normalized spacial score (nSPS) is 12.4. The predicted molar refractivity (Wildman–Crippen MR) is 97.1 cm³/mol. The fourth-order valence-electron chi connectivity index (χ4n) is 2.14. The molecule has 6 heteroatoms. The summed E-state index contributed by atoms with van der Waals surface area (Å²) in [6, 6.07) is 3.89. The zero-order chi connectivity index (χ0) is 17.0. The maximum atomic E-state index is 12.5. The van der Waals surface area contributed by atoms with Gasteiger partial charge in [0.2, 0.25) is 5.91 Å². The van der Waals surface area contributed by atoms with Crippen LogP contribution in [0.4, 0.5) is 0 Å². The van der Waals surface area contributed by atoms with E-state index in [4.69, 9.17) is 0 Å². The molecule has 0 fully saturated rings. The van der Waals surface area contributed by atoms with Crippen molar-refractivity contribution in [3.63, 3.8) is 0 Å². The molecule has 1 unspecified atom stereocenters. The Kier molecular flexibility index (Phi) is 6.18. The van der Waals surface area contributed by atoms with Crippen molar-refractivity contribution < 1.29 is 4.79 Å². The Balaban J connectivity index is 2.01. The number of hydrogen-bond acceptors (Lipinski definition) is 5. The van der Waals surface area contributed by atoms with E-state index in [0.717, 1.165) is 15.6 Å². The minimum atomic E-state index is 0.0468. The van der Waals surface area contributed by atoms with Crippen molar-refractivity contribution in [1.82, 2.24) is 14.9 Å². The van der Waals surface area contributed by atoms with E-state index in [9.17, 15) is 4.79 Å². The van der Waals surface area contributed by atoms with Crippen molar-refractivity contribution >= 4 is 29.0 Å². The minimum absolute atomic E-state index is 0.0468. The van der Waals surface area contributed by atoms with Gasteiger partial charge in [-0.2, -0.15) is 0 Å². The summed E-state index contributed by atoms with van der Waals surface area (Å²) >= 11 is 3.26. The molecule has 0 aliphatic heterocycles. The molecule has 4 nitrogen and oxygen atoms in total. The van der Waals surface area contributed by atoms with Crippen LogP contribution in [0.15, 0.2) is 29.4 Å². The van der Waals surface area contributed by atoms with Gasteiger partial charge in [-0.3, -0.25) is 9.78 Å². The second-order valence-electron chi connectivity index (χ2n) is 5.81. The lowest BCUT2D eigenvalue weighted by atomic mass is 10.2. The summed E-state index contributed by atoms with van der Waals surface area (Å²) in [6.07, 6.45) is 3.49. The molecule has 0 saturated carbocycles. The van der Waals surface area contributed by atoms with Crippen LogP contribution in [-0.2, 0) is 4.79 Å². The number of hydrogen-bond donors (Lipinski definition) is 0. The van der Waals surface area contributed by atoms with Gasteiger partial charge in [-0.15, -0.1) is 23.1 Å². The van der Waals surface area contributed by atoms with E-state index >= 15 is 0 Å². The highest BCUT2D eigenvalue weighted by molar-refractivity contribution is 8.00. The number of nitrogens with zero attached hydrogens (tertiary/aromatic N) is 3. The molecule has 2 aromatic rings. The summed E-state index contributed by atoms with van der Waals surface area (Å²) in [7, 11) is 1.87. The molecule has 1 atom stereocenters. The maximum Gasteiger partial charge on any atom is 0.233 e.